The number of nitrogens with one attached hydrogen (secondary N) is 1. The number of methoxy groups -OCH3 is 1. The second kappa shape index (κ2) is 7.58. The van der Waals surface area contributed by atoms with Crippen LogP contribution in [0, 0.1) is 0 Å². The predicted octanol–water partition coefficient (Wildman–Crippen LogP) is 0.125. The topological polar surface area (TPSA) is 112 Å². The number of β-amino-alcohol motifs (C(OH)–C–C–N with tert-alkyl or cyclic N) is 1. The number of anilines is 2. The Hall–Kier alpha value is -3.20. The average Bonchev–Trinajstić information content (AvgIpc) is 3.15. The van der Waals surface area contributed by atoms with E-state index in [0.717, 1.165) is 0 Å². The van der Waals surface area contributed by atoms with Crippen molar-refractivity contribution in [1.29, 1.82) is 0 Å². The summed E-state index contributed by atoms with van der Waals surface area (Å²) < 4.78 is 4.76. The number of carbonyl (C=O) groups is 3. The monoisotopic (exact) mass is 372 g/mol. The predicted molar refractivity (Wildman–Crippen MR) is 98.2 cm³/mol. The van der Waals surface area contributed by atoms with E-state index in [4.69, 9.17) is 9.84 Å². The fraction of sp³-hybridized carbons (Fsp3) is 0.333. The van der Waals surface area contributed by atoms with Gasteiger partial charge in [-0.05, 0) is 25.1 Å². The third-order valence-corrected chi connectivity index (χ3v) is 4.34. The van der Waals surface area contributed by atoms with Crippen molar-refractivity contribution in [3.63, 3.8) is 0 Å². The Bertz CT molecular complexity index is 861. The van der Waals surface area contributed by atoms with Gasteiger partial charge >= 0.3 is 5.97 Å². The van der Waals surface area contributed by atoms with Crippen LogP contribution in [0.4, 0.5) is 11.4 Å². The summed E-state index contributed by atoms with van der Waals surface area (Å²) in [5.74, 6) is -0.548. The highest BCUT2D eigenvalue weighted by Gasteiger charge is 2.34. The third kappa shape index (κ3) is 3.54. The second-order valence-corrected chi connectivity index (χ2v) is 6.06. The van der Waals surface area contributed by atoms with Crippen LogP contribution in [0.1, 0.15) is 6.92 Å². The number of amides is 2. The van der Waals surface area contributed by atoms with Gasteiger partial charge in [-0.3, -0.25) is 19.5 Å². The Kier molecular flexibility index (Phi) is 5.22. The lowest BCUT2D eigenvalue weighted by Gasteiger charge is -2.18. The Morgan fingerprint density at radius 3 is 2.78 bits per heavy atom. The summed E-state index contributed by atoms with van der Waals surface area (Å²) in [7, 11) is 1.24. The summed E-state index contributed by atoms with van der Waals surface area (Å²) in [5, 5.41) is 12.1. The van der Waals surface area contributed by atoms with Crippen molar-refractivity contribution < 1.29 is 24.2 Å². The number of nitrogens with zero attached hydrogens (tertiary/aromatic N) is 3. The van der Waals surface area contributed by atoms with Gasteiger partial charge in [-0.25, -0.2) is 4.79 Å². The number of aliphatic imine (C=N–C) groups is 1. The first-order valence-corrected chi connectivity index (χ1v) is 8.39. The maximum atomic E-state index is 12.6. The molecule has 0 saturated heterocycles. The van der Waals surface area contributed by atoms with E-state index in [2.05, 4.69) is 10.3 Å². The van der Waals surface area contributed by atoms with Crippen molar-refractivity contribution in [1.82, 2.24) is 4.90 Å². The van der Waals surface area contributed by atoms with Gasteiger partial charge in [0.05, 0.1) is 31.5 Å². The van der Waals surface area contributed by atoms with Gasteiger partial charge in [0.2, 0.25) is 0 Å². The first kappa shape index (κ1) is 18.6. The zero-order valence-electron chi connectivity index (χ0n) is 15.1. The van der Waals surface area contributed by atoms with Crippen molar-refractivity contribution in [3.8, 4) is 0 Å². The number of aliphatic hydroxyl groups is 1. The summed E-state index contributed by atoms with van der Waals surface area (Å²) in [4.78, 5) is 43.6. The van der Waals surface area contributed by atoms with Crippen molar-refractivity contribution in [2.75, 3.05) is 43.6 Å². The molecule has 0 aromatic heterocycles. The molecular formula is C18H20N4O5. The molecule has 2 amide bonds. The summed E-state index contributed by atoms with van der Waals surface area (Å²) >= 11 is 0. The highest BCUT2D eigenvalue weighted by Crippen LogP contribution is 2.26. The van der Waals surface area contributed by atoms with Gasteiger partial charge in [-0.2, -0.15) is 0 Å². The van der Waals surface area contributed by atoms with Crippen LogP contribution in [0.15, 0.2) is 40.5 Å². The maximum absolute atomic E-state index is 12.6. The number of hydrogen-bond donors (Lipinski definition) is 2. The number of aliphatic hydroxyl groups excluding tert-OH is 1. The van der Waals surface area contributed by atoms with Crippen LogP contribution in [-0.4, -0.2) is 67.0 Å². The van der Waals surface area contributed by atoms with E-state index < -0.39 is 11.9 Å². The number of carbonyl (C=O) groups excluding carboxylic acids is 3. The number of esters is 1. The van der Waals surface area contributed by atoms with Gasteiger partial charge in [0.1, 0.15) is 18.1 Å². The second-order valence-electron chi connectivity index (χ2n) is 6.06. The van der Waals surface area contributed by atoms with Crippen LogP contribution in [-0.2, 0) is 19.1 Å². The van der Waals surface area contributed by atoms with Crippen molar-refractivity contribution in [3.05, 3.63) is 35.5 Å². The maximum Gasteiger partial charge on any atom is 0.337 e. The van der Waals surface area contributed by atoms with E-state index >= 15 is 0 Å². The molecule has 0 fully saturated rings. The van der Waals surface area contributed by atoms with Crippen LogP contribution in [0.2, 0.25) is 0 Å². The number of rotatable bonds is 6. The largest absolute Gasteiger partial charge is 0.466 e. The average molecular weight is 372 g/mol. The quantitative estimate of drug-likeness (QED) is 0.687. The highest BCUT2D eigenvalue weighted by atomic mass is 16.5. The molecule has 0 atom stereocenters. The molecule has 0 bridgehead atoms. The fourth-order valence-electron chi connectivity index (χ4n) is 3.05. The molecular weight excluding hydrogens is 352 g/mol. The van der Waals surface area contributed by atoms with Crippen molar-refractivity contribution >= 4 is 35.0 Å². The van der Waals surface area contributed by atoms with Gasteiger partial charge in [-0.1, -0.05) is 6.07 Å². The summed E-state index contributed by atoms with van der Waals surface area (Å²) in [6.07, 6.45) is 0. The molecule has 2 aliphatic heterocycles. The molecule has 1 aromatic carbocycles. The molecule has 9 heteroatoms. The van der Waals surface area contributed by atoms with Crippen LogP contribution in [0.3, 0.4) is 0 Å². The minimum Gasteiger partial charge on any atom is -0.466 e. The molecule has 0 aliphatic carbocycles. The zero-order valence-corrected chi connectivity index (χ0v) is 15.1. The van der Waals surface area contributed by atoms with Crippen LogP contribution < -0.4 is 10.2 Å². The third-order valence-electron chi connectivity index (χ3n) is 4.34. The number of amidine groups is 1. The highest BCUT2D eigenvalue weighted by molar-refractivity contribution is 6.20. The Morgan fingerprint density at radius 1 is 1.37 bits per heavy atom. The Balaban J connectivity index is 1.90. The van der Waals surface area contributed by atoms with Gasteiger partial charge in [0, 0.05) is 12.2 Å². The Morgan fingerprint density at radius 2 is 2.15 bits per heavy atom. The number of ether oxygens (including phenoxy) is 1. The van der Waals surface area contributed by atoms with Crippen LogP contribution in [0.25, 0.3) is 0 Å². The van der Waals surface area contributed by atoms with Gasteiger partial charge < -0.3 is 20.1 Å². The molecule has 0 unspecified atom stereocenters. The summed E-state index contributed by atoms with van der Waals surface area (Å²) in [6, 6.07) is 6.92. The van der Waals surface area contributed by atoms with E-state index in [9.17, 15) is 14.4 Å². The van der Waals surface area contributed by atoms with Gasteiger partial charge in [-0.15, -0.1) is 0 Å². The molecule has 142 valence electrons. The van der Waals surface area contributed by atoms with Crippen LogP contribution in [0.5, 0.6) is 0 Å². The van der Waals surface area contributed by atoms with E-state index in [-0.39, 0.29) is 43.4 Å². The molecule has 2 aliphatic rings. The number of benzene rings is 1. The standard InChI is InChI=1S/C18H20N4O5/c1-11-19-9-15(24)22(11)13-5-3-4-12(8-13)20-16-14(18(26)27-2)10-21(6-7-23)17(16)25/h3-5,8,20,23H,6-7,9-10H2,1-2H3. The van der Waals surface area contributed by atoms with Crippen molar-refractivity contribution in [2.45, 2.75) is 6.92 Å². The molecule has 2 N–H and O–H groups in total. The molecule has 9 nitrogen and oxygen atoms in total. The van der Waals surface area contributed by atoms with Gasteiger partial charge in [0.25, 0.3) is 11.8 Å². The summed E-state index contributed by atoms with van der Waals surface area (Å²) in [5.41, 5.74) is 1.44. The normalized spacial score (nSPS) is 16.9. The minimum absolute atomic E-state index is 0.0600. The lowest BCUT2D eigenvalue weighted by atomic mass is 10.2. The molecule has 2 heterocycles. The van der Waals surface area contributed by atoms with Crippen molar-refractivity contribution in [2.24, 2.45) is 4.99 Å². The fourth-order valence-corrected chi connectivity index (χ4v) is 3.05. The minimum atomic E-state index is -0.611. The molecule has 1 aromatic rings. The first-order chi connectivity index (χ1) is 13.0. The van der Waals surface area contributed by atoms with Crippen LogP contribution >= 0.6 is 0 Å². The summed E-state index contributed by atoms with van der Waals surface area (Å²) in [6.45, 7) is 1.82. The lowest BCUT2D eigenvalue weighted by molar-refractivity contribution is -0.136. The number of hydrogen-bond acceptors (Lipinski definition) is 7. The lowest BCUT2D eigenvalue weighted by Crippen LogP contribution is -2.31. The zero-order chi connectivity index (χ0) is 19.6. The molecule has 0 radical (unpaired) electrons. The van der Waals surface area contributed by atoms with E-state index in [1.807, 2.05) is 0 Å². The SMILES string of the molecule is COC(=O)C1=C(Nc2cccc(N3C(=O)CN=C3C)c2)C(=O)N(CCO)C1. The molecule has 0 spiro atoms. The molecule has 3 rings (SSSR count). The smallest absolute Gasteiger partial charge is 0.337 e. The van der Waals surface area contributed by atoms with E-state index in [1.165, 1.54) is 16.9 Å². The molecule has 27 heavy (non-hydrogen) atoms. The molecule has 0 saturated carbocycles. The van der Waals surface area contributed by atoms with Gasteiger partial charge in [0.15, 0.2) is 0 Å². The van der Waals surface area contributed by atoms with E-state index in [1.54, 1.807) is 31.2 Å². The first-order valence-electron chi connectivity index (χ1n) is 8.39. The van der Waals surface area contributed by atoms with E-state index in [0.29, 0.717) is 17.2 Å². The Labute approximate surface area is 155 Å².